The Morgan fingerprint density at radius 2 is 2.08 bits per heavy atom. The van der Waals surface area contributed by atoms with Crippen LogP contribution in [0.5, 0.6) is 0 Å². The van der Waals surface area contributed by atoms with Crippen LogP contribution < -0.4 is 5.32 Å². The molecule has 0 amide bonds. The zero-order valence-electron chi connectivity index (χ0n) is 14.4. The van der Waals surface area contributed by atoms with Gasteiger partial charge in [-0.1, -0.05) is 0 Å². The Balaban J connectivity index is 1.32. The van der Waals surface area contributed by atoms with Crippen molar-refractivity contribution in [2.24, 2.45) is 11.8 Å². The van der Waals surface area contributed by atoms with Crippen LogP contribution in [-0.2, 0) is 9.47 Å². The largest absolute Gasteiger partial charge is 0.383 e. The van der Waals surface area contributed by atoms with Gasteiger partial charge in [0.2, 0.25) is 0 Å². The number of ether oxygens (including phenoxy) is 2. The number of nitrogens with zero attached hydrogens (tertiary/aromatic N) is 2. The van der Waals surface area contributed by atoms with E-state index in [-0.39, 0.29) is 0 Å². The number of fused-ring (bicyclic) bond motifs is 1. The van der Waals surface area contributed by atoms with E-state index in [0.29, 0.717) is 18.1 Å². The SMILES string of the molecule is c1cncc(NC[C@@H]2CC[C@H]3[C@H]2OCCN3CC2CCOCC2)c1. The maximum absolute atomic E-state index is 6.20. The van der Waals surface area contributed by atoms with Crippen LogP contribution in [0.2, 0.25) is 0 Å². The van der Waals surface area contributed by atoms with Gasteiger partial charge in [0.25, 0.3) is 0 Å². The minimum Gasteiger partial charge on any atom is -0.383 e. The third-order valence-corrected chi connectivity index (χ3v) is 5.90. The normalized spacial score (nSPS) is 31.8. The van der Waals surface area contributed by atoms with Gasteiger partial charge in [-0.2, -0.15) is 0 Å². The number of anilines is 1. The van der Waals surface area contributed by atoms with Gasteiger partial charge in [0.05, 0.1) is 18.4 Å². The third kappa shape index (κ3) is 3.73. The topological polar surface area (TPSA) is 46.6 Å². The van der Waals surface area contributed by atoms with E-state index in [2.05, 4.69) is 21.3 Å². The van der Waals surface area contributed by atoms with Gasteiger partial charge in [-0.15, -0.1) is 0 Å². The molecule has 2 aliphatic heterocycles. The molecule has 0 aromatic carbocycles. The summed E-state index contributed by atoms with van der Waals surface area (Å²) in [7, 11) is 0. The van der Waals surface area contributed by atoms with Crippen LogP contribution in [0.3, 0.4) is 0 Å². The van der Waals surface area contributed by atoms with Gasteiger partial charge in [0, 0.05) is 57.2 Å². The Morgan fingerprint density at radius 1 is 1.17 bits per heavy atom. The molecule has 5 heteroatoms. The van der Waals surface area contributed by atoms with Crippen LogP contribution >= 0.6 is 0 Å². The molecule has 132 valence electrons. The molecule has 3 fully saturated rings. The van der Waals surface area contributed by atoms with Crippen molar-refractivity contribution in [2.45, 2.75) is 37.8 Å². The van der Waals surface area contributed by atoms with E-state index in [1.807, 2.05) is 18.5 Å². The van der Waals surface area contributed by atoms with E-state index in [9.17, 15) is 0 Å². The van der Waals surface area contributed by atoms with Crippen molar-refractivity contribution in [3.8, 4) is 0 Å². The van der Waals surface area contributed by atoms with Crippen LogP contribution in [-0.4, -0.2) is 61.5 Å². The molecule has 3 aliphatic rings. The summed E-state index contributed by atoms with van der Waals surface area (Å²) in [6.45, 7) is 6.09. The lowest BCUT2D eigenvalue weighted by Gasteiger charge is -2.41. The van der Waals surface area contributed by atoms with Crippen LogP contribution in [0.4, 0.5) is 5.69 Å². The fourth-order valence-corrected chi connectivity index (χ4v) is 4.56. The second kappa shape index (κ2) is 7.81. The number of aromatic nitrogens is 1. The molecule has 1 saturated carbocycles. The summed E-state index contributed by atoms with van der Waals surface area (Å²) in [5.41, 5.74) is 1.11. The van der Waals surface area contributed by atoms with E-state index in [1.165, 1.54) is 32.2 Å². The van der Waals surface area contributed by atoms with Crippen molar-refractivity contribution in [1.29, 1.82) is 0 Å². The van der Waals surface area contributed by atoms with E-state index < -0.39 is 0 Å². The molecule has 0 spiro atoms. The Kier molecular flexibility index (Phi) is 5.30. The quantitative estimate of drug-likeness (QED) is 0.898. The molecule has 2 saturated heterocycles. The van der Waals surface area contributed by atoms with Crippen molar-refractivity contribution in [2.75, 3.05) is 44.8 Å². The van der Waals surface area contributed by atoms with Crippen molar-refractivity contribution < 1.29 is 9.47 Å². The highest BCUT2D eigenvalue weighted by atomic mass is 16.5. The predicted molar refractivity (Wildman–Crippen MR) is 94.1 cm³/mol. The minimum atomic E-state index is 0.391. The maximum Gasteiger partial charge on any atom is 0.0775 e. The van der Waals surface area contributed by atoms with Crippen molar-refractivity contribution in [1.82, 2.24) is 9.88 Å². The number of morpholine rings is 1. The van der Waals surface area contributed by atoms with Crippen LogP contribution in [0.25, 0.3) is 0 Å². The summed E-state index contributed by atoms with van der Waals surface area (Å²) in [4.78, 5) is 6.89. The molecule has 5 nitrogen and oxygen atoms in total. The highest BCUT2D eigenvalue weighted by Crippen LogP contribution is 2.35. The first-order valence-corrected chi connectivity index (χ1v) is 9.47. The first kappa shape index (κ1) is 16.3. The van der Waals surface area contributed by atoms with Gasteiger partial charge in [-0.25, -0.2) is 0 Å². The summed E-state index contributed by atoms with van der Waals surface area (Å²) in [6, 6.07) is 4.67. The van der Waals surface area contributed by atoms with Crippen molar-refractivity contribution in [3.05, 3.63) is 24.5 Å². The summed E-state index contributed by atoms with van der Waals surface area (Å²) < 4.78 is 11.7. The fraction of sp³-hybridized carbons (Fsp3) is 0.737. The van der Waals surface area contributed by atoms with Crippen molar-refractivity contribution >= 4 is 5.69 Å². The zero-order chi connectivity index (χ0) is 16.2. The Labute approximate surface area is 144 Å². The molecule has 0 radical (unpaired) electrons. The highest BCUT2D eigenvalue weighted by molar-refractivity contribution is 5.39. The van der Waals surface area contributed by atoms with Gasteiger partial charge in [-0.3, -0.25) is 9.88 Å². The average Bonchev–Trinajstić information content (AvgIpc) is 3.06. The summed E-state index contributed by atoms with van der Waals surface area (Å²) >= 11 is 0. The molecule has 24 heavy (non-hydrogen) atoms. The number of hydrogen-bond donors (Lipinski definition) is 1. The monoisotopic (exact) mass is 331 g/mol. The molecule has 1 aliphatic carbocycles. The van der Waals surface area contributed by atoms with E-state index in [0.717, 1.165) is 44.5 Å². The highest BCUT2D eigenvalue weighted by Gasteiger charge is 2.42. The summed E-state index contributed by atoms with van der Waals surface area (Å²) in [6.07, 6.45) is 9.07. The smallest absolute Gasteiger partial charge is 0.0775 e. The molecule has 1 aromatic rings. The number of nitrogens with one attached hydrogen (secondary N) is 1. The summed E-state index contributed by atoms with van der Waals surface area (Å²) in [5, 5.41) is 3.54. The van der Waals surface area contributed by atoms with Crippen molar-refractivity contribution in [3.63, 3.8) is 0 Å². The average molecular weight is 331 g/mol. The number of pyridine rings is 1. The van der Waals surface area contributed by atoms with E-state index in [1.54, 1.807) is 0 Å². The molecule has 3 atom stereocenters. The van der Waals surface area contributed by atoms with Crippen LogP contribution in [0, 0.1) is 11.8 Å². The summed E-state index contributed by atoms with van der Waals surface area (Å²) in [5.74, 6) is 1.41. The Hall–Kier alpha value is -1.17. The number of hydrogen-bond acceptors (Lipinski definition) is 5. The van der Waals surface area contributed by atoms with E-state index >= 15 is 0 Å². The maximum atomic E-state index is 6.20. The first-order valence-electron chi connectivity index (χ1n) is 9.47. The standard InChI is InChI=1S/C19H29N3O2/c1-2-17(13-20-7-1)21-12-16-3-4-18-19(16)24-11-8-22(18)14-15-5-9-23-10-6-15/h1-2,7,13,15-16,18-19,21H,3-6,8-12,14H2/t16-,18-,19-/m0/s1. The van der Waals surface area contributed by atoms with Gasteiger partial charge in [0.1, 0.15) is 0 Å². The third-order valence-electron chi connectivity index (χ3n) is 5.90. The van der Waals surface area contributed by atoms with Gasteiger partial charge in [-0.05, 0) is 43.7 Å². The van der Waals surface area contributed by atoms with Gasteiger partial charge < -0.3 is 14.8 Å². The fourth-order valence-electron chi connectivity index (χ4n) is 4.56. The van der Waals surface area contributed by atoms with Crippen LogP contribution in [0.1, 0.15) is 25.7 Å². The molecule has 1 N–H and O–H groups in total. The molecule has 0 bridgehead atoms. The lowest BCUT2D eigenvalue weighted by atomic mass is 9.97. The second-order valence-corrected chi connectivity index (χ2v) is 7.41. The van der Waals surface area contributed by atoms with Gasteiger partial charge in [0.15, 0.2) is 0 Å². The first-order chi connectivity index (χ1) is 11.9. The minimum absolute atomic E-state index is 0.391. The molecule has 4 rings (SSSR count). The lowest BCUT2D eigenvalue weighted by molar-refractivity contribution is -0.0797. The molecule has 3 heterocycles. The van der Waals surface area contributed by atoms with Gasteiger partial charge >= 0.3 is 0 Å². The number of rotatable bonds is 5. The Morgan fingerprint density at radius 3 is 2.92 bits per heavy atom. The molecular formula is C19H29N3O2. The second-order valence-electron chi connectivity index (χ2n) is 7.41. The zero-order valence-corrected chi connectivity index (χ0v) is 14.4. The lowest BCUT2D eigenvalue weighted by Crippen LogP contribution is -2.52. The van der Waals surface area contributed by atoms with E-state index in [4.69, 9.17) is 9.47 Å². The molecular weight excluding hydrogens is 302 g/mol. The van der Waals surface area contributed by atoms with Crippen LogP contribution in [0.15, 0.2) is 24.5 Å². The Bertz CT molecular complexity index is 507. The molecule has 0 unspecified atom stereocenters. The molecule has 1 aromatic heterocycles. The predicted octanol–water partition coefficient (Wildman–Crippen LogP) is 2.40.